The van der Waals surface area contributed by atoms with Crippen LogP contribution in [0.5, 0.6) is 0 Å². The molecule has 0 saturated carbocycles. The molecule has 4 nitrogen and oxygen atoms in total. The standard InChI is InChI=1S/C12H22N4/c1-14(2)12-10(3-4-13-12)11-9-15-5-7-16(11)8-6-15/h10-11H,3-9H2,1-2H3. The molecular formula is C12H22N4. The Hall–Kier alpha value is -0.610. The van der Waals surface area contributed by atoms with E-state index >= 15 is 0 Å². The first-order valence-electron chi connectivity index (χ1n) is 6.44. The largest absolute Gasteiger partial charge is 0.366 e. The first-order valence-corrected chi connectivity index (χ1v) is 6.44. The summed E-state index contributed by atoms with van der Waals surface area (Å²) in [6.07, 6.45) is 1.25. The maximum absolute atomic E-state index is 4.67. The van der Waals surface area contributed by atoms with Crippen LogP contribution in [0.25, 0.3) is 0 Å². The van der Waals surface area contributed by atoms with Gasteiger partial charge in [-0.1, -0.05) is 0 Å². The summed E-state index contributed by atoms with van der Waals surface area (Å²) in [5, 5.41) is 0. The Balaban J connectivity index is 1.76. The second-order valence-corrected chi connectivity index (χ2v) is 5.43. The van der Waals surface area contributed by atoms with E-state index in [1.807, 2.05) is 0 Å². The zero-order chi connectivity index (χ0) is 11.1. The van der Waals surface area contributed by atoms with Crippen LogP contribution in [-0.2, 0) is 0 Å². The van der Waals surface area contributed by atoms with Gasteiger partial charge in [0.25, 0.3) is 0 Å². The minimum atomic E-state index is 0.679. The van der Waals surface area contributed by atoms with Crippen LogP contribution < -0.4 is 0 Å². The van der Waals surface area contributed by atoms with Gasteiger partial charge in [-0.25, -0.2) is 0 Å². The predicted octanol–water partition coefficient (Wildman–Crippen LogP) is -0.0338. The maximum atomic E-state index is 4.67. The molecular weight excluding hydrogens is 200 g/mol. The molecule has 0 aromatic heterocycles. The highest BCUT2D eigenvalue weighted by molar-refractivity contribution is 5.86. The summed E-state index contributed by atoms with van der Waals surface area (Å²) in [6, 6.07) is 0.728. The van der Waals surface area contributed by atoms with Gasteiger partial charge in [0, 0.05) is 65.3 Å². The van der Waals surface area contributed by atoms with Crippen LogP contribution in [0.4, 0.5) is 0 Å². The Morgan fingerprint density at radius 2 is 1.94 bits per heavy atom. The maximum Gasteiger partial charge on any atom is 0.103 e. The second kappa shape index (κ2) is 4.00. The summed E-state index contributed by atoms with van der Waals surface area (Å²) in [6.45, 7) is 7.37. The molecule has 3 fully saturated rings. The van der Waals surface area contributed by atoms with Gasteiger partial charge >= 0.3 is 0 Å². The first kappa shape index (κ1) is 10.5. The van der Waals surface area contributed by atoms with Crippen molar-refractivity contribution in [2.75, 3.05) is 53.4 Å². The van der Waals surface area contributed by atoms with E-state index in [1.54, 1.807) is 0 Å². The van der Waals surface area contributed by atoms with E-state index in [2.05, 4.69) is 33.8 Å². The SMILES string of the molecule is CN(C)C1=NCCC1C1CN2CCN1CC2. The number of rotatable bonds is 1. The number of hydrogen-bond donors (Lipinski definition) is 0. The molecule has 90 valence electrons. The predicted molar refractivity (Wildman–Crippen MR) is 65.9 cm³/mol. The molecule has 16 heavy (non-hydrogen) atoms. The molecule has 4 heterocycles. The molecule has 2 unspecified atom stereocenters. The smallest absolute Gasteiger partial charge is 0.103 e. The number of nitrogens with zero attached hydrogens (tertiary/aromatic N) is 4. The van der Waals surface area contributed by atoms with Gasteiger partial charge < -0.3 is 4.90 Å². The third-order valence-corrected chi connectivity index (χ3v) is 4.29. The van der Waals surface area contributed by atoms with Gasteiger partial charge in [-0.2, -0.15) is 0 Å². The molecule has 2 atom stereocenters. The van der Waals surface area contributed by atoms with E-state index in [9.17, 15) is 0 Å². The van der Waals surface area contributed by atoms with Gasteiger partial charge in [-0.3, -0.25) is 14.8 Å². The minimum absolute atomic E-state index is 0.679. The fourth-order valence-electron chi connectivity index (χ4n) is 3.44. The highest BCUT2D eigenvalue weighted by atomic mass is 15.3. The normalized spacial score (nSPS) is 42.2. The van der Waals surface area contributed by atoms with E-state index < -0.39 is 0 Å². The van der Waals surface area contributed by atoms with E-state index in [0.717, 1.165) is 12.6 Å². The number of amidine groups is 1. The van der Waals surface area contributed by atoms with Crippen molar-refractivity contribution < 1.29 is 0 Å². The van der Waals surface area contributed by atoms with Crippen molar-refractivity contribution in [3.63, 3.8) is 0 Å². The molecule has 2 bridgehead atoms. The minimum Gasteiger partial charge on any atom is -0.366 e. The average molecular weight is 222 g/mol. The van der Waals surface area contributed by atoms with Crippen molar-refractivity contribution in [1.82, 2.24) is 14.7 Å². The molecule has 4 aliphatic heterocycles. The van der Waals surface area contributed by atoms with Gasteiger partial charge in [0.2, 0.25) is 0 Å². The van der Waals surface area contributed by atoms with Gasteiger partial charge in [-0.05, 0) is 6.42 Å². The lowest BCUT2D eigenvalue weighted by atomic mass is 9.91. The summed E-state index contributed by atoms with van der Waals surface area (Å²) < 4.78 is 0. The van der Waals surface area contributed by atoms with E-state index in [1.165, 1.54) is 45.0 Å². The summed E-state index contributed by atoms with van der Waals surface area (Å²) in [7, 11) is 4.27. The van der Waals surface area contributed by atoms with Crippen LogP contribution in [-0.4, -0.2) is 79.9 Å². The molecule has 0 aliphatic carbocycles. The van der Waals surface area contributed by atoms with Crippen molar-refractivity contribution in [3.8, 4) is 0 Å². The Kier molecular flexibility index (Phi) is 2.64. The third kappa shape index (κ3) is 1.64. The zero-order valence-electron chi connectivity index (χ0n) is 10.4. The monoisotopic (exact) mass is 222 g/mol. The Morgan fingerprint density at radius 1 is 1.19 bits per heavy atom. The second-order valence-electron chi connectivity index (χ2n) is 5.43. The average Bonchev–Trinajstić information content (AvgIpc) is 2.79. The molecule has 4 aliphatic rings. The summed E-state index contributed by atoms with van der Waals surface area (Å²) >= 11 is 0. The first-order chi connectivity index (χ1) is 7.75. The van der Waals surface area contributed by atoms with Crippen LogP contribution in [0.3, 0.4) is 0 Å². The van der Waals surface area contributed by atoms with E-state index in [4.69, 9.17) is 0 Å². The number of fused-ring (bicyclic) bond motifs is 3. The number of aliphatic imine (C=N–C) groups is 1. The van der Waals surface area contributed by atoms with Gasteiger partial charge in [-0.15, -0.1) is 0 Å². The molecule has 4 rings (SSSR count). The van der Waals surface area contributed by atoms with Crippen molar-refractivity contribution in [1.29, 1.82) is 0 Å². The van der Waals surface area contributed by atoms with Crippen molar-refractivity contribution in [3.05, 3.63) is 0 Å². The number of hydrogen-bond acceptors (Lipinski definition) is 4. The summed E-state index contributed by atoms with van der Waals surface area (Å²) in [5.41, 5.74) is 0. The van der Waals surface area contributed by atoms with Gasteiger partial charge in [0.05, 0.1) is 0 Å². The van der Waals surface area contributed by atoms with Crippen LogP contribution in [0.15, 0.2) is 4.99 Å². The molecule has 0 radical (unpaired) electrons. The molecule has 4 heteroatoms. The summed E-state index contributed by atoms with van der Waals surface area (Å²) in [4.78, 5) is 12.2. The van der Waals surface area contributed by atoms with E-state index in [-0.39, 0.29) is 0 Å². The summed E-state index contributed by atoms with van der Waals surface area (Å²) in [5.74, 6) is 2.01. The molecule has 0 N–H and O–H groups in total. The highest BCUT2D eigenvalue weighted by Crippen LogP contribution is 2.28. The van der Waals surface area contributed by atoms with Crippen molar-refractivity contribution in [2.24, 2.45) is 10.9 Å². The van der Waals surface area contributed by atoms with Gasteiger partial charge in [0.15, 0.2) is 0 Å². The molecule has 0 aromatic carbocycles. The Bertz CT molecular complexity index is 291. The number of piperazine rings is 3. The Morgan fingerprint density at radius 3 is 2.50 bits per heavy atom. The fourth-order valence-corrected chi connectivity index (χ4v) is 3.44. The third-order valence-electron chi connectivity index (χ3n) is 4.29. The molecule has 3 saturated heterocycles. The van der Waals surface area contributed by atoms with Crippen LogP contribution in [0.1, 0.15) is 6.42 Å². The lowest BCUT2D eigenvalue weighted by Crippen LogP contribution is -2.64. The van der Waals surface area contributed by atoms with E-state index in [0.29, 0.717) is 5.92 Å². The quantitative estimate of drug-likeness (QED) is 0.622. The van der Waals surface area contributed by atoms with Crippen LogP contribution in [0, 0.1) is 5.92 Å². The lowest BCUT2D eigenvalue weighted by Gasteiger charge is -2.50. The molecule has 0 spiro atoms. The highest BCUT2D eigenvalue weighted by Gasteiger charge is 2.40. The Labute approximate surface area is 97.9 Å². The van der Waals surface area contributed by atoms with Crippen LogP contribution in [0.2, 0.25) is 0 Å². The van der Waals surface area contributed by atoms with Crippen LogP contribution >= 0.6 is 0 Å². The molecule has 0 amide bonds. The zero-order valence-corrected chi connectivity index (χ0v) is 10.4. The molecule has 0 aromatic rings. The lowest BCUT2D eigenvalue weighted by molar-refractivity contribution is -0.00178. The van der Waals surface area contributed by atoms with Gasteiger partial charge in [0.1, 0.15) is 5.84 Å². The van der Waals surface area contributed by atoms with Crippen molar-refractivity contribution in [2.45, 2.75) is 12.5 Å². The topological polar surface area (TPSA) is 22.1 Å². The van der Waals surface area contributed by atoms with Crippen molar-refractivity contribution >= 4 is 5.84 Å². The fraction of sp³-hybridized carbons (Fsp3) is 0.917.